The summed E-state index contributed by atoms with van der Waals surface area (Å²) in [4.78, 5) is 77.2. The highest BCUT2D eigenvalue weighted by molar-refractivity contribution is 7.92. The molecule has 22 nitrogen and oxygen atoms in total. The van der Waals surface area contributed by atoms with Crippen molar-refractivity contribution in [1.82, 2.24) is 50.1 Å². The highest BCUT2D eigenvalue weighted by atomic mass is 32.2. The van der Waals surface area contributed by atoms with E-state index in [1.807, 2.05) is 18.7 Å². The molecule has 0 radical (unpaired) electrons. The Morgan fingerprint density at radius 3 is 2.22 bits per heavy atom. The van der Waals surface area contributed by atoms with Crippen LogP contribution < -0.4 is 30.3 Å². The van der Waals surface area contributed by atoms with Crippen molar-refractivity contribution in [3.05, 3.63) is 71.9 Å². The summed E-state index contributed by atoms with van der Waals surface area (Å²) in [6.07, 6.45) is 2.01. The summed E-state index contributed by atoms with van der Waals surface area (Å²) in [5.74, 6) is -2.62. The number of likely N-dealkylation sites (tertiary alicyclic amines) is 1. The lowest BCUT2D eigenvalue weighted by molar-refractivity contribution is -0.143. The number of amides is 4. The van der Waals surface area contributed by atoms with Crippen molar-refractivity contribution in [2.75, 3.05) is 68.5 Å². The number of fused-ring (bicyclic) bond motifs is 1. The smallest absolute Gasteiger partial charge is 0.407 e. The van der Waals surface area contributed by atoms with Crippen molar-refractivity contribution >= 4 is 67.8 Å². The molecule has 3 aromatic heterocycles. The van der Waals surface area contributed by atoms with Crippen LogP contribution in [0.1, 0.15) is 66.1 Å². The highest BCUT2D eigenvalue weighted by Crippen LogP contribution is 2.38. The molecule has 0 aliphatic carbocycles. The molecule has 0 spiro atoms. The molecular formula is C49H63F2N13O9S. The van der Waals surface area contributed by atoms with Gasteiger partial charge in [0.15, 0.2) is 21.4 Å². The fourth-order valence-corrected chi connectivity index (χ4v) is 9.65. The Bertz CT molecular complexity index is 2990. The number of carbonyl (C=O) groups excluding carboxylic acids is 3. The van der Waals surface area contributed by atoms with E-state index in [0.717, 1.165) is 34.4 Å². The fourth-order valence-electron chi connectivity index (χ4n) is 8.33. The number of sulfone groups is 1. The zero-order valence-corrected chi connectivity index (χ0v) is 43.8. The Balaban J connectivity index is 0.995. The SMILES string of the molecule is Cc1[nH]nc(Nc2ncnc3cc(OCCN4CCN(c5ncc(O[C@H]6C[C@@H](C(=O)Nc7c(F)cccc7F)N(C(=O)[C@@H](NC(=O)[C@H](C)N(C)C(=O)O)C(C)(C)C)C6)cn5)CC4)c(S(=O)(=O)C(C)(C)C)cc23)c1C. The number of benzene rings is 2. The van der Waals surface area contributed by atoms with Crippen LogP contribution in [-0.2, 0) is 24.2 Å². The van der Waals surface area contributed by atoms with Gasteiger partial charge in [-0.3, -0.25) is 29.3 Å². The molecule has 2 aromatic carbocycles. The maximum absolute atomic E-state index is 14.7. The standard InChI is InChI=1S/C49H63F2N13O9S/c1-27-28(2)59-60-41(27)58-42-32-21-38(74(70,71)49(7,8)9)37(22-35(32)54-26-55-42)72-19-18-62-14-16-63(17-15-62)46-52-23-31(24-53-46)73-30-20-36(44(66)56-39-33(50)12-11-13-34(39)51)64(25-30)45(67)40(48(4,5)6)57-43(65)29(3)61(10)47(68)69/h11-13,21-24,26,29-30,36,40H,14-20,25H2,1-10H3,(H,56,66)(H,57,65)(H,68,69)(H2,54,55,58,59,60)/t29-,30-,36-,40+/m0/s1. The van der Waals surface area contributed by atoms with Crippen LogP contribution in [0, 0.1) is 30.9 Å². The number of carboxylic acid groups (broad SMARTS) is 1. The third kappa shape index (κ3) is 11.9. The third-order valence-electron chi connectivity index (χ3n) is 13.2. The minimum Gasteiger partial charge on any atom is -0.491 e. The van der Waals surface area contributed by atoms with Gasteiger partial charge in [0.1, 0.15) is 70.9 Å². The minimum atomic E-state index is -3.90. The minimum absolute atomic E-state index is 0.0223. The Labute approximate surface area is 427 Å². The average Bonchev–Trinajstić information content (AvgIpc) is 3.91. The lowest BCUT2D eigenvalue weighted by Gasteiger charge is -2.36. The number of aromatic amines is 1. The van der Waals surface area contributed by atoms with Gasteiger partial charge in [-0.2, -0.15) is 5.10 Å². The monoisotopic (exact) mass is 1050 g/mol. The molecule has 0 saturated carbocycles. The molecule has 2 saturated heterocycles. The number of aromatic nitrogens is 6. The number of rotatable bonds is 16. The summed E-state index contributed by atoms with van der Waals surface area (Å²) in [5, 5.41) is 25.3. The number of aryl methyl sites for hydroxylation is 1. The quantitative estimate of drug-likeness (QED) is 0.0863. The molecule has 5 heterocycles. The zero-order chi connectivity index (χ0) is 54.0. The first-order valence-electron chi connectivity index (χ1n) is 24.0. The molecule has 0 bridgehead atoms. The first-order chi connectivity index (χ1) is 34.7. The number of hydrogen-bond donors (Lipinski definition) is 5. The van der Waals surface area contributed by atoms with Crippen molar-refractivity contribution in [3.63, 3.8) is 0 Å². The van der Waals surface area contributed by atoms with E-state index in [1.54, 1.807) is 53.7 Å². The second-order valence-electron chi connectivity index (χ2n) is 20.4. The van der Waals surface area contributed by atoms with Gasteiger partial charge in [-0.15, -0.1) is 0 Å². The number of anilines is 4. The molecule has 5 aromatic rings. The van der Waals surface area contributed by atoms with Crippen LogP contribution in [0.15, 0.2) is 53.9 Å². The second-order valence-corrected chi connectivity index (χ2v) is 23.1. The number of likely N-dealkylation sites (N-methyl/N-ethyl adjacent to an activating group) is 1. The summed E-state index contributed by atoms with van der Waals surface area (Å²) >= 11 is 0. The van der Waals surface area contributed by atoms with E-state index in [2.05, 4.69) is 51.0 Å². The Hall–Kier alpha value is -7.28. The van der Waals surface area contributed by atoms with Gasteiger partial charge in [0, 0.05) is 68.9 Å². The van der Waals surface area contributed by atoms with Gasteiger partial charge in [0.25, 0.3) is 0 Å². The van der Waals surface area contributed by atoms with Crippen molar-refractivity contribution in [2.45, 2.75) is 103 Å². The maximum atomic E-state index is 14.7. The summed E-state index contributed by atoms with van der Waals surface area (Å²) in [6, 6.07) is 2.52. The summed E-state index contributed by atoms with van der Waals surface area (Å²) in [7, 11) is -2.68. The number of hydrogen-bond acceptors (Lipinski definition) is 16. The van der Waals surface area contributed by atoms with Gasteiger partial charge in [-0.05, 0) is 65.2 Å². The number of halogens is 2. The van der Waals surface area contributed by atoms with Crippen LogP contribution in [0.4, 0.5) is 36.8 Å². The fraction of sp³-hybridized carbons (Fsp3) is 0.490. The predicted molar refractivity (Wildman–Crippen MR) is 270 cm³/mol. The molecule has 2 aliphatic rings. The summed E-state index contributed by atoms with van der Waals surface area (Å²) in [6.45, 7) is 18.0. The van der Waals surface area contributed by atoms with Crippen molar-refractivity contribution < 1.29 is 51.0 Å². The maximum Gasteiger partial charge on any atom is 0.407 e. The number of carbonyl (C=O) groups is 4. The van der Waals surface area contributed by atoms with Crippen LogP contribution in [-0.4, -0.2) is 164 Å². The van der Waals surface area contributed by atoms with E-state index >= 15 is 0 Å². The van der Waals surface area contributed by atoms with Gasteiger partial charge in [-0.1, -0.05) is 26.8 Å². The van der Waals surface area contributed by atoms with E-state index in [9.17, 15) is 41.5 Å². The molecule has 4 amide bonds. The van der Waals surface area contributed by atoms with E-state index in [1.165, 1.54) is 37.6 Å². The van der Waals surface area contributed by atoms with Gasteiger partial charge < -0.3 is 40.3 Å². The topological polar surface area (TPSA) is 270 Å². The van der Waals surface area contributed by atoms with Crippen LogP contribution in [0.3, 0.4) is 0 Å². The highest BCUT2D eigenvalue weighted by Gasteiger charge is 2.46. The number of H-pyrrole nitrogens is 1. The summed E-state index contributed by atoms with van der Waals surface area (Å²) in [5.41, 5.74) is 0.612. The van der Waals surface area contributed by atoms with Gasteiger partial charge in [0.05, 0.1) is 29.2 Å². The molecule has 7 rings (SSSR count). The van der Waals surface area contributed by atoms with E-state index in [-0.39, 0.29) is 36.0 Å². The Morgan fingerprint density at radius 1 is 0.959 bits per heavy atom. The third-order valence-corrected chi connectivity index (χ3v) is 15.8. The van der Waals surface area contributed by atoms with Crippen LogP contribution in [0.2, 0.25) is 0 Å². The molecule has 4 atom stereocenters. The van der Waals surface area contributed by atoms with Crippen LogP contribution >= 0.6 is 0 Å². The Morgan fingerprint density at radius 2 is 1.62 bits per heavy atom. The van der Waals surface area contributed by atoms with Gasteiger partial charge in [0.2, 0.25) is 23.7 Å². The van der Waals surface area contributed by atoms with E-state index in [0.29, 0.717) is 61.2 Å². The second kappa shape index (κ2) is 21.7. The molecule has 5 N–H and O–H groups in total. The van der Waals surface area contributed by atoms with Gasteiger partial charge in [-0.25, -0.2) is 41.9 Å². The van der Waals surface area contributed by atoms with E-state index in [4.69, 9.17) is 9.47 Å². The molecule has 25 heteroatoms. The number of ether oxygens (including phenoxy) is 2. The first-order valence-corrected chi connectivity index (χ1v) is 25.5. The predicted octanol–water partition coefficient (Wildman–Crippen LogP) is 5.07. The number of nitrogens with one attached hydrogen (secondary N) is 4. The Kier molecular flexibility index (Phi) is 16.0. The van der Waals surface area contributed by atoms with Crippen molar-refractivity contribution in [3.8, 4) is 11.5 Å². The molecule has 398 valence electrons. The number of para-hydroxylation sites is 1. The molecule has 2 fully saturated rings. The van der Waals surface area contributed by atoms with Crippen LogP contribution in [0.5, 0.6) is 11.5 Å². The molecule has 0 unspecified atom stereocenters. The van der Waals surface area contributed by atoms with Crippen molar-refractivity contribution in [1.29, 1.82) is 0 Å². The van der Waals surface area contributed by atoms with Gasteiger partial charge >= 0.3 is 6.09 Å². The zero-order valence-electron chi connectivity index (χ0n) is 43.0. The lowest BCUT2D eigenvalue weighted by atomic mass is 9.85. The van der Waals surface area contributed by atoms with Crippen LogP contribution in [0.25, 0.3) is 10.9 Å². The normalized spacial score (nSPS) is 17.4. The molecular weight excluding hydrogens is 985 g/mol. The first kappa shape index (κ1) is 54.5. The average molecular weight is 1050 g/mol. The lowest BCUT2D eigenvalue weighted by Crippen LogP contribution is -2.59. The number of piperazine rings is 1. The van der Waals surface area contributed by atoms with Crippen molar-refractivity contribution in [2.24, 2.45) is 5.41 Å². The summed E-state index contributed by atoms with van der Waals surface area (Å²) < 4.78 is 68.8. The molecule has 74 heavy (non-hydrogen) atoms. The number of nitrogens with zero attached hydrogens (tertiary/aromatic N) is 9. The largest absolute Gasteiger partial charge is 0.491 e. The molecule has 2 aliphatic heterocycles. The van der Waals surface area contributed by atoms with E-state index < -0.39 is 85.4 Å².